The normalized spacial score (nSPS) is 14.8. The smallest absolute Gasteiger partial charge is 0.158 e. The fourth-order valence-electron chi connectivity index (χ4n) is 2.87. The Labute approximate surface area is 136 Å². The first-order valence-corrected chi connectivity index (χ1v) is 7.97. The van der Waals surface area contributed by atoms with Gasteiger partial charge in [0.15, 0.2) is 5.15 Å². The zero-order valence-electron chi connectivity index (χ0n) is 12.2. The lowest BCUT2D eigenvalue weighted by atomic mass is 10.2. The van der Waals surface area contributed by atoms with Crippen LogP contribution in [0.25, 0.3) is 16.7 Å². The van der Waals surface area contributed by atoms with Crippen LogP contribution in [0.5, 0.6) is 0 Å². The maximum Gasteiger partial charge on any atom is 0.158 e. The van der Waals surface area contributed by atoms with Crippen LogP contribution in [0.3, 0.4) is 0 Å². The lowest BCUT2D eigenvalue weighted by molar-refractivity contribution is 0.592. The van der Waals surface area contributed by atoms with Gasteiger partial charge in [-0.3, -0.25) is 0 Å². The molecule has 0 aliphatic heterocycles. The molecule has 0 N–H and O–H groups in total. The third-order valence-electron chi connectivity index (χ3n) is 4.17. The Morgan fingerprint density at radius 1 is 1.13 bits per heavy atom. The lowest BCUT2D eigenvalue weighted by Gasteiger charge is -1.98. The molecule has 0 aromatic carbocycles. The van der Waals surface area contributed by atoms with Gasteiger partial charge in [-0.2, -0.15) is 9.90 Å². The van der Waals surface area contributed by atoms with Gasteiger partial charge >= 0.3 is 0 Å². The van der Waals surface area contributed by atoms with Gasteiger partial charge in [0.1, 0.15) is 23.2 Å². The second kappa shape index (κ2) is 4.76. The molecular weight excluding hydrogens is 312 g/mol. The number of rotatable bonds is 3. The van der Waals surface area contributed by atoms with Crippen LogP contribution >= 0.6 is 11.6 Å². The molecule has 1 aliphatic rings. The van der Waals surface area contributed by atoms with Crippen molar-refractivity contribution in [2.45, 2.75) is 25.3 Å². The van der Waals surface area contributed by atoms with Crippen LogP contribution in [0.15, 0.2) is 36.8 Å². The van der Waals surface area contributed by atoms with Gasteiger partial charge < -0.3 is 4.40 Å². The Morgan fingerprint density at radius 2 is 2.04 bits per heavy atom. The molecule has 114 valence electrons. The van der Waals surface area contributed by atoms with Crippen LogP contribution in [-0.2, 0) is 6.54 Å². The van der Waals surface area contributed by atoms with Crippen LogP contribution in [0.4, 0.5) is 0 Å². The molecule has 0 radical (unpaired) electrons. The maximum atomic E-state index is 6.04. The van der Waals surface area contributed by atoms with E-state index in [2.05, 4.69) is 42.9 Å². The highest BCUT2D eigenvalue weighted by Gasteiger charge is 2.23. The fraction of sp³-hybridized carbons (Fsp3) is 0.250. The standard InChI is InChI=1S/C16H13ClN6/c17-16-15-13(5-6-18-16)20-23(21-15)9-12-8-22-7-11(10-1-2-10)3-4-14(22)19-12/h3-8,10H,1-2,9H2. The first-order valence-electron chi connectivity index (χ1n) is 7.59. The van der Waals surface area contributed by atoms with E-state index < -0.39 is 0 Å². The molecule has 0 atom stereocenters. The molecule has 5 rings (SSSR count). The van der Waals surface area contributed by atoms with Crippen molar-refractivity contribution in [2.24, 2.45) is 0 Å². The molecule has 1 aliphatic carbocycles. The van der Waals surface area contributed by atoms with E-state index in [0.29, 0.717) is 17.2 Å². The molecule has 0 spiro atoms. The minimum atomic E-state index is 0.373. The summed E-state index contributed by atoms with van der Waals surface area (Å²) in [7, 11) is 0. The third-order valence-corrected chi connectivity index (χ3v) is 4.45. The van der Waals surface area contributed by atoms with Gasteiger partial charge in [-0.25, -0.2) is 9.97 Å². The Hall–Kier alpha value is -2.47. The highest BCUT2D eigenvalue weighted by Crippen LogP contribution is 2.39. The molecule has 7 heteroatoms. The minimum absolute atomic E-state index is 0.373. The zero-order valence-corrected chi connectivity index (χ0v) is 13.0. The molecule has 0 bridgehead atoms. The summed E-state index contributed by atoms with van der Waals surface area (Å²) in [5.74, 6) is 0.734. The molecule has 4 heterocycles. The number of fused-ring (bicyclic) bond motifs is 2. The van der Waals surface area contributed by atoms with Crippen LogP contribution in [0.1, 0.15) is 30.0 Å². The van der Waals surface area contributed by atoms with E-state index in [-0.39, 0.29) is 0 Å². The highest BCUT2D eigenvalue weighted by atomic mass is 35.5. The van der Waals surface area contributed by atoms with Gasteiger partial charge in [0.2, 0.25) is 0 Å². The third kappa shape index (κ3) is 2.26. The fourth-order valence-corrected chi connectivity index (χ4v) is 3.06. The summed E-state index contributed by atoms with van der Waals surface area (Å²) in [6.07, 6.45) is 8.44. The summed E-state index contributed by atoms with van der Waals surface area (Å²) >= 11 is 6.04. The first-order chi connectivity index (χ1) is 11.3. The zero-order chi connectivity index (χ0) is 15.4. The Morgan fingerprint density at radius 3 is 2.87 bits per heavy atom. The monoisotopic (exact) mass is 324 g/mol. The molecule has 4 aromatic heterocycles. The molecule has 23 heavy (non-hydrogen) atoms. The summed E-state index contributed by atoms with van der Waals surface area (Å²) in [5.41, 5.74) is 4.61. The van der Waals surface area contributed by atoms with Crippen molar-refractivity contribution in [2.75, 3.05) is 0 Å². The Kier molecular flexibility index (Phi) is 2.69. The molecular formula is C16H13ClN6. The van der Waals surface area contributed by atoms with E-state index in [9.17, 15) is 0 Å². The predicted molar refractivity (Wildman–Crippen MR) is 86.6 cm³/mol. The van der Waals surface area contributed by atoms with Crippen molar-refractivity contribution >= 4 is 28.3 Å². The van der Waals surface area contributed by atoms with Gasteiger partial charge in [0, 0.05) is 18.6 Å². The summed E-state index contributed by atoms with van der Waals surface area (Å²) in [6.45, 7) is 0.505. The van der Waals surface area contributed by atoms with Crippen molar-refractivity contribution in [1.29, 1.82) is 0 Å². The second-order valence-corrected chi connectivity index (χ2v) is 6.29. The Balaban J connectivity index is 1.50. The van der Waals surface area contributed by atoms with E-state index in [1.165, 1.54) is 18.4 Å². The molecule has 4 aromatic rings. The number of halogens is 1. The molecule has 0 saturated heterocycles. The van der Waals surface area contributed by atoms with Gasteiger partial charge in [0.05, 0.1) is 5.69 Å². The summed E-state index contributed by atoms with van der Waals surface area (Å²) in [4.78, 5) is 10.3. The number of nitrogens with zero attached hydrogens (tertiary/aromatic N) is 6. The van der Waals surface area contributed by atoms with Gasteiger partial charge in [-0.1, -0.05) is 17.7 Å². The number of imidazole rings is 1. The molecule has 1 saturated carbocycles. The Bertz CT molecular complexity index is 1030. The van der Waals surface area contributed by atoms with Gasteiger partial charge in [-0.15, -0.1) is 5.10 Å². The van der Waals surface area contributed by atoms with Crippen molar-refractivity contribution in [3.63, 3.8) is 0 Å². The maximum absolute atomic E-state index is 6.04. The van der Waals surface area contributed by atoms with Crippen molar-refractivity contribution in [3.8, 4) is 0 Å². The van der Waals surface area contributed by atoms with Crippen molar-refractivity contribution < 1.29 is 0 Å². The van der Waals surface area contributed by atoms with E-state index in [4.69, 9.17) is 11.6 Å². The van der Waals surface area contributed by atoms with Crippen LogP contribution in [0, 0.1) is 0 Å². The lowest BCUT2D eigenvalue weighted by Crippen LogP contribution is -2.03. The molecule has 6 nitrogen and oxygen atoms in total. The summed E-state index contributed by atoms with van der Waals surface area (Å²) < 4.78 is 2.08. The number of hydrogen-bond donors (Lipinski definition) is 0. The SMILES string of the molecule is Clc1nccc2nn(Cc3cn4cc(C5CC5)ccc4n3)nc12. The van der Waals surface area contributed by atoms with E-state index in [0.717, 1.165) is 22.8 Å². The van der Waals surface area contributed by atoms with Gasteiger partial charge in [-0.05, 0) is 36.5 Å². The number of pyridine rings is 2. The van der Waals surface area contributed by atoms with Gasteiger partial charge in [0.25, 0.3) is 0 Å². The summed E-state index contributed by atoms with van der Waals surface area (Å²) in [6, 6.07) is 6.05. The largest absolute Gasteiger partial charge is 0.306 e. The van der Waals surface area contributed by atoms with Crippen molar-refractivity contribution in [3.05, 3.63) is 53.2 Å². The van der Waals surface area contributed by atoms with Crippen molar-refractivity contribution in [1.82, 2.24) is 29.4 Å². The number of hydrogen-bond acceptors (Lipinski definition) is 4. The number of aromatic nitrogens is 6. The average molecular weight is 325 g/mol. The topological polar surface area (TPSA) is 60.9 Å². The summed E-state index contributed by atoms with van der Waals surface area (Å²) in [5, 5.41) is 9.19. The quantitative estimate of drug-likeness (QED) is 0.543. The molecule has 1 fully saturated rings. The van der Waals surface area contributed by atoms with Crippen LogP contribution < -0.4 is 0 Å². The van der Waals surface area contributed by atoms with E-state index >= 15 is 0 Å². The molecule has 0 unspecified atom stereocenters. The predicted octanol–water partition coefficient (Wildman–Crippen LogP) is 3.05. The van der Waals surface area contributed by atoms with Crippen LogP contribution in [-0.4, -0.2) is 29.4 Å². The minimum Gasteiger partial charge on any atom is -0.306 e. The van der Waals surface area contributed by atoms with E-state index in [1.807, 2.05) is 6.20 Å². The average Bonchev–Trinajstić information content (AvgIpc) is 3.18. The highest BCUT2D eigenvalue weighted by molar-refractivity contribution is 6.33. The molecule has 0 amide bonds. The van der Waals surface area contributed by atoms with E-state index in [1.54, 1.807) is 17.1 Å². The second-order valence-electron chi connectivity index (χ2n) is 5.93. The first kappa shape index (κ1) is 13.0. The van der Waals surface area contributed by atoms with Crippen LogP contribution in [0.2, 0.25) is 5.15 Å².